The third kappa shape index (κ3) is 2.82. The molecule has 1 atom stereocenters. The molecule has 2 aromatic carbocycles. The molecule has 1 saturated heterocycles. The van der Waals surface area contributed by atoms with E-state index in [1.807, 2.05) is 18.2 Å². The molecular weight excluding hydrogens is 391 g/mol. The zero-order chi connectivity index (χ0) is 20.2. The minimum atomic E-state index is -1.06. The fraction of sp³-hybridized carbons (Fsp3) is 0.364. The third-order valence-electron chi connectivity index (χ3n) is 5.82. The van der Waals surface area contributed by atoms with Gasteiger partial charge in [0.05, 0.1) is 19.3 Å². The van der Waals surface area contributed by atoms with Crippen LogP contribution in [0.5, 0.6) is 5.75 Å². The van der Waals surface area contributed by atoms with Crippen molar-refractivity contribution in [3.63, 3.8) is 0 Å². The van der Waals surface area contributed by atoms with Gasteiger partial charge in [-0.05, 0) is 48.7 Å². The fourth-order valence-corrected chi connectivity index (χ4v) is 5.73. The number of thioether (sulfide) groups is 1. The first-order valence-electron chi connectivity index (χ1n) is 9.75. The van der Waals surface area contributed by atoms with Gasteiger partial charge in [0.25, 0.3) is 5.91 Å². The summed E-state index contributed by atoms with van der Waals surface area (Å²) in [7, 11) is 1.59. The molecular formula is C22H21FN2O3S. The number of benzene rings is 2. The minimum Gasteiger partial charge on any atom is -0.497 e. The summed E-state index contributed by atoms with van der Waals surface area (Å²) < 4.78 is 19.1. The fourth-order valence-electron chi connectivity index (χ4n) is 4.27. The van der Waals surface area contributed by atoms with Crippen molar-refractivity contribution in [2.45, 2.75) is 24.3 Å². The van der Waals surface area contributed by atoms with E-state index in [-0.39, 0.29) is 30.1 Å². The summed E-state index contributed by atoms with van der Waals surface area (Å²) in [6.07, 6.45) is 1.78. The number of methoxy groups -OCH3 is 1. The number of rotatable bonds is 4. The Morgan fingerprint density at radius 1 is 1.28 bits per heavy atom. The second-order valence-electron chi connectivity index (χ2n) is 7.66. The van der Waals surface area contributed by atoms with E-state index in [9.17, 15) is 14.0 Å². The lowest BCUT2D eigenvalue weighted by atomic mass is 10.0. The minimum absolute atomic E-state index is 0.0321. The molecule has 29 heavy (non-hydrogen) atoms. The van der Waals surface area contributed by atoms with Crippen molar-refractivity contribution in [2.24, 2.45) is 5.92 Å². The largest absolute Gasteiger partial charge is 0.497 e. The number of carbonyl (C=O) groups excluding carboxylic acids is 2. The Kier molecular flexibility index (Phi) is 4.31. The van der Waals surface area contributed by atoms with Gasteiger partial charge in [-0.25, -0.2) is 4.39 Å². The van der Waals surface area contributed by atoms with Gasteiger partial charge in [0.1, 0.15) is 11.6 Å². The smallest absolute Gasteiger partial charge is 0.268 e. The number of amides is 2. The number of hydrogen-bond donors (Lipinski definition) is 0. The molecule has 0 N–H and O–H groups in total. The molecule has 1 unspecified atom stereocenters. The van der Waals surface area contributed by atoms with Crippen molar-refractivity contribution in [3.8, 4) is 5.75 Å². The monoisotopic (exact) mass is 412 g/mol. The summed E-state index contributed by atoms with van der Waals surface area (Å²) in [5.74, 6) is 0.972. The van der Waals surface area contributed by atoms with Crippen LogP contribution in [-0.2, 0) is 21.0 Å². The topological polar surface area (TPSA) is 49.9 Å². The standard InChI is InChI=1S/C22H21FN2O3S/c1-28-17-7-8-19-18(12-17)22(25(9-10-29-22)20(26)15-5-6-15)21(27)24(19)13-14-3-2-4-16(23)11-14/h2-4,7-8,11-12,15H,5-6,9-10,13H2,1H3. The van der Waals surface area contributed by atoms with Crippen LogP contribution in [0.25, 0.3) is 0 Å². The first-order valence-corrected chi connectivity index (χ1v) is 10.7. The Labute approximate surface area is 172 Å². The van der Waals surface area contributed by atoms with E-state index in [2.05, 4.69) is 0 Å². The molecule has 150 valence electrons. The highest BCUT2D eigenvalue weighted by molar-refractivity contribution is 8.01. The van der Waals surface area contributed by atoms with Crippen molar-refractivity contribution >= 4 is 29.3 Å². The molecule has 1 spiro atoms. The molecule has 2 amide bonds. The lowest BCUT2D eigenvalue weighted by Crippen LogP contribution is -2.50. The second-order valence-corrected chi connectivity index (χ2v) is 8.95. The van der Waals surface area contributed by atoms with Gasteiger partial charge in [-0.3, -0.25) is 9.59 Å². The highest BCUT2D eigenvalue weighted by Gasteiger charge is 2.60. The Balaban J connectivity index is 1.61. The van der Waals surface area contributed by atoms with Crippen molar-refractivity contribution in [3.05, 3.63) is 59.4 Å². The Hall–Kier alpha value is -2.54. The first-order chi connectivity index (χ1) is 14.0. The molecule has 3 aliphatic rings. The lowest BCUT2D eigenvalue weighted by molar-refractivity contribution is -0.141. The van der Waals surface area contributed by atoms with Crippen molar-refractivity contribution in [1.82, 2.24) is 4.90 Å². The molecule has 7 heteroatoms. The average Bonchev–Trinajstić information content (AvgIpc) is 3.44. The average molecular weight is 412 g/mol. The number of nitrogens with zero attached hydrogens (tertiary/aromatic N) is 2. The van der Waals surface area contributed by atoms with E-state index in [0.29, 0.717) is 23.6 Å². The number of fused-ring (bicyclic) bond motifs is 2. The maximum atomic E-state index is 13.8. The van der Waals surface area contributed by atoms with E-state index >= 15 is 0 Å². The van der Waals surface area contributed by atoms with Gasteiger partial charge in [0.15, 0.2) is 4.87 Å². The summed E-state index contributed by atoms with van der Waals surface area (Å²) in [5, 5.41) is 0. The SMILES string of the molecule is COc1ccc2c(c1)C1(SCCN1C(=O)C1CC1)C(=O)N2Cc1cccc(F)c1. The van der Waals surface area contributed by atoms with E-state index < -0.39 is 4.87 Å². The highest BCUT2D eigenvalue weighted by Crippen LogP contribution is 2.56. The summed E-state index contributed by atoms with van der Waals surface area (Å²) in [6, 6.07) is 11.8. The van der Waals surface area contributed by atoms with Gasteiger partial charge in [0.2, 0.25) is 5.91 Å². The van der Waals surface area contributed by atoms with Gasteiger partial charge in [-0.2, -0.15) is 0 Å². The van der Waals surface area contributed by atoms with Crippen molar-refractivity contribution in [1.29, 1.82) is 0 Å². The van der Waals surface area contributed by atoms with Crippen LogP contribution in [0.1, 0.15) is 24.0 Å². The van der Waals surface area contributed by atoms with Crippen LogP contribution in [-0.4, -0.2) is 36.1 Å². The van der Waals surface area contributed by atoms with E-state index in [0.717, 1.165) is 24.1 Å². The van der Waals surface area contributed by atoms with Crippen molar-refractivity contribution in [2.75, 3.05) is 24.3 Å². The van der Waals surface area contributed by atoms with Gasteiger partial charge in [-0.15, -0.1) is 11.8 Å². The van der Waals surface area contributed by atoms with Crippen LogP contribution >= 0.6 is 11.8 Å². The van der Waals surface area contributed by atoms with Crippen LogP contribution < -0.4 is 9.64 Å². The second kappa shape index (κ2) is 6.76. The number of hydrogen-bond acceptors (Lipinski definition) is 4. The molecule has 2 fully saturated rings. The molecule has 0 radical (unpaired) electrons. The van der Waals surface area contributed by atoms with E-state index in [1.54, 1.807) is 29.0 Å². The third-order valence-corrected chi connectivity index (χ3v) is 7.24. The van der Waals surface area contributed by atoms with Gasteiger partial charge < -0.3 is 14.5 Å². The number of carbonyl (C=O) groups is 2. The summed E-state index contributed by atoms with van der Waals surface area (Å²) in [5.41, 5.74) is 2.25. The number of ether oxygens (including phenoxy) is 1. The van der Waals surface area contributed by atoms with Crippen LogP contribution in [0.4, 0.5) is 10.1 Å². The quantitative estimate of drug-likeness (QED) is 0.771. The van der Waals surface area contributed by atoms with E-state index in [4.69, 9.17) is 4.74 Å². The lowest BCUT2D eigenvalue weighted by Gasteiger charge is -2.33. The first kappa shape index (κ1) is 18.5. The zero-order valence-corrected chi connectivity index (χ0v) is 16.9. The van der Waals surface area contributed by atoms with Gasteiger partial charge in [0, 0.05) is 23.8 Å². The van der Waals surface area contributed by atoms with Gasteiger partial charge in [-0.1, -0.05) is 12.1 Å². The van der Waals surface area contributed by atoms with Crippen LogP contribution in [0, 0.1) is 11.7 Å². The maximum absolute atomic E-state index is 13.8. The normalized spacial score (nSPS) is 23.0. The van der Waals surface area contributed by atoms with Crippen LogP contribution in [0.15, 0.2) is 42.5 Å². The molecule has 1 saturated carbocycles. The van der Waals surface area contributed by atoms with Crippen LogP contribution in [0.3, 0.4) is 0 Å². The molecule has 2 aromatic rings. The molecule has 0 bridgehead atoms. The zero-order valence-electron chi connectivity index (χ0n) is 16.1. The molecule has 1 aliphatic carbocycles. The molecule has 2 heterocycles. The maximum Gasteiger partial charge on any atom is 0.268 e. The molecule has 5 rings (SSSR count). The number of anilines is 1. The predicted molar refractivity (Wildman–Crippen MR) is 109 cm³/mol. The molecule has 5 nitrogen and oxygen atoms in total. The highest BCUT2D eigenvalue weighted by atomic mass is 32.2. The Bertz CT molecular complexity index is 1010. The van der Waals surface area contributed by atoms with Gasteiger partial charge >= 0.3 is 0 Å². The van der Waals surface area contributed by atoms with E-state index in [1.165, 1.54) is 23.9 Å². The predicted octanol–water partition coefficient (Wildman–Crippen LogP) is 3.52. The molecule has 2 aliphatic heterocycles. The Morgan fingerprint density at radius 3 is 2.83 bits per heavy atom. The summed E-state index contributed by atoms with van der Waals surface area (Å²) >= 11 is 1.51. The van der Waals surface area contributed by atoms with Crippen LogP contribution in [0.2, 0.25) is 0 Å². The summed E-state index contributed by atoms with van der Waals surface area (Å²) in [6.45, 7) is 0.805. The van der Waals surface area contributed by atoms with Crippen molar-refractivity contribution < 1.29 is 18.7 Å². The molecule has 0 aromatic heterocycles. The number of halogens is 1. The Morgan fingerprint density at radius 2 is 2.10 bits per heavy atom. The summed E-state index contributed by atoms with van der Waals surface area (Å²) in [4.78, 5) is 29.2.